The van der Waals surface area contributed by atoms with Crippen molar-refractivity contribution in [2.24, 2.45) is 10.9 Å². The second-order valence-corrected chi connectivity index (χ2v) is 7.36. The first-order valence-corrected chi connectivity index (χ1v) is 9.45. The Morgan fingerprint density at radius 1 is 1.33 bits per heavy atom. The van der Waals surface area contributed by atoms with Crippen molar-refractivity contribution in [3.63, 3.8) is 0 Å². The molecule has 2 saturated heterocycles. The summed E-state index contributed by atoms with van der Waals surface area (Å²) < 4.78 is 24.3. The summed E-state index contributed by atoms with van der Waals surface area (Å²) in [5, 5.41) is 3.58. The summed E-state index contributed by atoms with van der Waals surface area (Å²) in [7, 11) is 3.59. The number of likely N-dealkylation sites (tertiary alicyclic amines) is 1. The van der Waals surface area contributed by atoms with Crippen LogP contribution >= 0.6 is 24.0 Å². The molecule has 2 fully saturated rings. The number of halogens is 2. The molecule has 1 N–H and O–H groups in total. The zero-order valence-corrected chi connectivity index (χ0v) is 18.6. The van der Waals surface area contributed by atoms with Crippen molar-refractivity contribution in [2.75, 3.05) is 53.6 Å². The smallest absolute Gasteiger partial charge is 0.193 e. The van der Waals surface area contributed by atoms with Gasteiger partial charge in [-0.3, -0.25) is 4.99 Å². The molecule has 0 saturated carbocycles. The topological polar surface area (TPSA) is 46.1 Å². The highest BCUT2D eigenvalue weighted by molar-refractivity contribution is 14.0. The Hall–Kier alpha value is -0.930. The summed E-state index contributed by atoms with van der Waals surface area (Å²) in [6.45, 7) is 5.01. The fourth-order valence-corrected chi connectivity index (χ4v) is 4.11. The maximum absolute atomic E-state index is 13.4. The van der Waals surface area contributed by atoms with E-state index in [1.165, 1.54) is 5.56 Å². The minimum absolute atomic E-state index is 0. The van der Waals surface area contributed by atoms with E-state index in [2.05, 4.69) is 15.2 Å². The van der Waals surface area contributed by atoms with Crippen molar-refractivity contribution in [1.82, 2.24) is 10.2 Å². The summed E-state index contributed by atoms with van der Waals surface area (Å²) in [5.74, 6) is 1.31. The molecule has 5 nitrogen and oxygen atoms in total. The molecule has 0 radical (unpaired) electrons. The Morgan fingerprint density at radius 2 is 2.04 bits per heavy atom. The second kappa shape index (κ2) is 10.6. The number of rotatable bonds is 5. The van der Waals surface area contributed by atoms with Crippen molar-refractivity contribution in [1.29, 1.82) is 0 Å². The first-order valence-electron chi connectivity index (χ1n) is 9.45. The van der Waals surface area contributed by atoms with Crippen molar-refractivity contribution < 1.29 is 13.9 Å². The van der Waals surface area contributed by atoms with Crippen molar-refractivity contribution in [3.8, 4) is 0 Å². The molecule has 2 aliphatic rings. The van der Waals surface area contributed by atoms with Gasteiger partial charge in [0.25, 0.3) is 0 Å². The molecule has 1 atom stereocenters. The lowest BCUT2D eigenvalue weighted by Gasteiger charge is -2.39. The number of benzene rings is 1. The van der Waals surface area contributed by atoms with E-state index in [1.54, 1.807) is 19.2 Å². The molecule has 1 aromatic rings. The highest BCUT2D eigenvalue weighted by atomic mass is 127. The van der Waals surface area contributed by atoms with E-state index < -0.39 is 0 Å². The summed E-state index contributed by atoms with van der Waals surface area (Å²) >= 11 is 0. The predicted molar refractivity (Wildman–Crippen MR) is 116 cm³/mol. The second-order valence-electron chi connectivity index (χ2n) is 7.36. The molecule has 1 aromatic carbocycles. The maximum Gasteiger partial charge on any atom is 0.193 e. The van der Waals surface area contributed by atoms with Crippen LogP contribution in [0.2, 0.25) is 0 Å². The third-order valence-corrected chi connectivity index (χ3v) is 5.69. The van der Waals surface area contributed by atoms with Crippen LogP contribution in [0.3, 0.4) is 0 Å². The van der Waals surface area contributed by atoms with Crippen molar-refractivity contribution in [2.45, 2.75) is 24.7 Å². The quantitative estimate of drug-likeness (QED) is 0.391. The Balaban J connectivity index is 0.00000261. The van der Waals surface area contributed by atoms with Gasteiger partial charge in [0, 0.05) is 58.3 Å². The number of aliphatic imine (C=N–C) groups is 1. The van der Waals surface area contributed by atoms with Gasteiger partial charge in [-0.25, -0.2) is 4.39 Å². The van der Waals surface area contributed by atoms with Crippen molar-refractivity contribution in [3.05, 3.63) is 35.6 Å². The number of nitrogens with zero attached hydrogens (tertiary/aromatic N) is 2. The van der Waals surface area contributed by atoms with Gasteiger partial charge in [-0.2, -0.15) is 0 Å². The third kappa shape index (κ3) is 5.54. The summed E-state index contributed by atoms with van der Waals surface area (Å²) in [6.07, 6.45) is 2.98. The molecular formula is C20H31FIN3O2. The molecular weight excluding hydrogens is 460 g/mol. The molecule has 1 unspecified atom stereocenters. The molecule has 27 heavy (non-hydrogen) atoms. The first-order chi connectivity index (χ1) is 12.7. The molecule has 0 spiro atoms. The van der Waals surface area contributed by atoms with Gasteiger partial charge in [-0.05, 0) is 37.0 Å². The highest BCUT2D eigenvalue weighted by Crippen LogP contribution is 2.34. The molecule has 2 aliphatic heterocycles. The molecule has 0 aliphatic carbocycles. The van der Waals surface area contributed by atoms with Crippen LogP contribution < -0.4 is 5.32 Å². The normalized spacial score (nSPS) is 22.4. The molecule has 7 heteroatoms. The minimum atomic E-state index is -0.194. The molecule has 2 heterocycles. The predicted octanol–water partition coefficient (Wildman–Crippen LogP) is 3.04. The van der Waals surface area contributed by atoms with Gasteiger partial charge in [0.05, 0.1) is 6.61 Å². The van der Waals surface area contributed by atoms with E-state index in [-0.39, 0.29) is 35.2 Å². The average molecular weight is 491 g/mol. The summed E-state index contributed by atoms with van der Waals surface area (Å²) in [5.41, 5.74) is 1.12. The van der Waals surface area contributed by atoms with E-state index in [0.29, 0.717) is 5.92 Å². The number of ether oxygens (including phenoxy) is 2. The Bertz CT molecular complexity index is 606. The van der Waals surface area contributed by atoms with Crippen LogP contribution in [0.15, 0.2) is 29.3 Å². The third-order valence-electron chi connectivity index (χ3n) is 5.69. The van der Waals surface area contributed by atoms with Gasteiger partial charge in [-0.1, -0.05) is 12.1 Å². The lowest BCUT2D eigenvalue weighted by atomic mass is 9.74. The van der Waals surface area contributed by atoms with E-state index in [4.69, 9.17) is 9.47 Å². The number of hydrogen-bond donors (Lipinski definition) is 1. The van der Waals surface area contributed by atoms with Crippen LogP contribution in [0.25, 0.3) is 0 Å². The van der Waals surface area contributed by atoms with E-state index in [9.17, 15) is 4.39 Å². The van der Waals surface area contributed by atoms with Gasteiger partial charge >= 0.3 is 0 Å². The van der Waals surface area contributed by atoms with E-state index >= 15 is 0 Å². The van der Waals surface area contributed by atoms with E-state index in [1.807, 2.05) is 19.2 Å². The van der Waals surface area contributed by atoms with Crippen LogP contribution in [0.5, 0.6) is 0 Å². The van der Waals surface area contributed by atoms with Crippen molar-refractivity contribution >= 4 is 29.9 Å². The van der Waals surface area contributed by atoms with Crippen LogP contribution in [0.4, 0.5) is 4.39 Å². The standard InChI is InChI=1S/C20H30FN3O2.HI/c1-22-19(24-10-7-16(13-24)14-25-2)23-15-20(8-11-26-12-9-20)17-3-5-18(21)6-4-17;/h3-6,16H,7-15H2,1-2H3,(H,22,23);1H. The maximum atomic E-state index is 13.4. The highest BCUT2D eigenvalue weighted by Gasteiger charge is 2.35. The van der Waals surface area contributed by atoms with Gasteiger partial charge in [-0.15, -0.1) is 24.0 Å². The van der Waals surface area contributed by atoms with Gasteiger partial charge in [0.2, 0.25) is 0 Å². The number of methoxy groups -OCH3 is 1. The van der Waals surface area contributed by atoms with Crippen LogP contribution in [-0.4, -0.2) is 64.5 Å². The SMILES string of the molecule is CN=C(NCC1(c2ccc(F)cc2)CCOCC1)N1CCC(COC)C1.I. The number of nitrogens with one attached hydrogen (secondary N) is 1. The monoisotopic (exact) mass is 491 g/mol. The lowest BCUT2D eigenvalue weighted by molar-refractivity contribution is 0.0511. The number of hydrogen-bond acceptors (Lipinski definition) is 3. The molecule has 0 bridgehead atoms. The Kier molecular flexibility index (Phi) is 8.75. The molecule has 3 rings (SSSR count). The summed E-state index contributed by atoms with van der Waals surface area (Å²) in [4.78, 5) is 6.79. The average Bonchev–Trinajstić information content (AvgIpc) is 3.12. The van der Waals surface area contributed by atoms with Crippen LogP contribution in [-0.2, 0) is 14.9 Å². The number of guanidine groups is 1. The Labute approximate surface area is 178 Å². The van der Waals surface area contributed by atoms with Gasteiger partial charge < -0.3 is 19.7 Å². The fraction of sp³-hybridized carbons (Fsp3) is 0.650. The largest absolute Gasteiger partial charge is 0.384 e. The van der Waals surface area contributed by atoms with E-state index in [0.717, 1.165) is 64.7 Å². The van der Waals surface area contributed by atoms with Gasteiger partial charge in [0.1, 0.15) is 5.82 Å². The molecule has 0 aromatic heterocycles. The minimum Gasteiger partial charge on any atom is -0.384 e. The zero-order valence-electron chi connectivity index (χ0n) is 16.2. The zero-order chi connectivity index (χ0) is 18.4. The lowest BCUT2D eigenvalue weighted by Crippen LogP contribution is -2.49. The van der Waals surface area contributed by atoms with Crippen LogP contribution in [0, 0.1) is 11.7 Å². The fourth-order valence-electron chi connectivity index (χ4n) is 4.11. The van der Waals surface area contributed by atoms with Crippen LogP contribution in [0.1, 0.15) is 24.8 Å². The van der Waals surface area contributed by atoms with Gasteiger partial charge in [0.15, 0.2) is 5.96 Å². The first kappa shape index (κ1) is 22.4. The molecule has 0 amide bonds. The molecule has 152 valence electrons. The Morgan fingerprint density at radius 3 is 2.67 bits per heavy atom. The summed E-state index contributed by atoms with van der Waals surface area (Å²) in [6, 6.07) is 6.93.